The van der Waals surface area contributed by atoms with Crippen LogP contribution in [0.15, 0.2) is 30.3 Å². The zero-order chi connectivity index (χ0) is 35.1. The molecule has 0 aromatic heterocycles. The van der Waals surface area contributed by atoms with Crippen LogP contribution in [0.3, 0.4) is 0 Å². The first kappa shape index (κ1) is 42.0. The third kappa shape index (κ3) is 16.5. The summed E-state index contributed by atoms with van der Waals surface area (Å²) in [6.45, 7) is 1.67. The minimum Gasteiger partial charge on any atom is -0.394 e. The predicted molar refractivity (Wildman–Crippen MR) is 182 cm³/mol. The lowest BCUT2D eigenvalue weighted by Gasteiger charge is -2.40. The summed E-state index contributed by atoms with van der Waals surface area (Å²) >= 11 is 0. The van der Waals surface area contributed by atoms with Gasteiger partial charge in [0.1, 0.15) is 30.5 Å². The SMILES string of the molecule is CCCCCCCC(=O)N[C@@H](CO[C@H]1O[C@H](CO)[C@H](O)[C@H](O)[C@H]1O)[C@H](O)[C@H](O)CCCC(=O)NCCCCCCCCc1ccccc1. The van der Waals surface area contributed by atoms with Crippen LogP contribution in [-0.4, -0.2) is 111 Å². The standard InChI is InChI=1S/C36H62N2O10/c1-2-3-4-7-14-21-31(42)38-27(25-47-36-35(46)34(45)33(44)29(24-39)48-36)32(43)28(40)20-16-22-30(41)37-23-15-9-6-5-8-11-17-26-18-12-10-13-19-26/h10,12-13,18-19,27-29,32-36,39-40,43-46H,2-9,11,14-17,20-25H2,1H3,(H,37,41)(H,38,42)/t27-,28+,29+,32-,33-,34-,35+,36-/m0/s1. The summed E-state index contributed by atoms with van der Waals surface area (Å²) in [7, 11) is 0. The van der Waals surface area contributed by atoms with Crippen molar-refractivity contribution in [3.05, 3.63) is 35.9 Å². The van der Waals surface area contributed by atoms with Crippen molar-refractivity contribution in [1.29, 1.82) is 0 Å². The predicted octanol–water partition coefficient (Wildman–Crippen LogP) is 2.24. The number of aliphatic hydroxyl groups excluding tert-OH is 6. The van der Waals surface area contributed by atoms with E-state index in [1.54, 1.807) is 0 Å². The van der Waals surface area contributed by atoms with Gasteiger partial charge in [-0.25, -0.2) is 0 Å². The summed E-state index contributed by atoms with van der Waals surface area (Å²) in [4.78, 5) is 25.0. The second-order valence-corrected chi connectivity index (χ2v) is 13.0. The smallest absolute Gasteiger partial charge is 0.220 e. The number of nitrogens with one attached hydrogen (secondary N) is 2. The molecule has 0 unspecified atom stereocenters. The highest BCUT2D eigenvalue weighted by Crippen LogP contribution is 2.23. The number of aryl methyl sites for hydroxylation is 1. The maximum absolute atomic E-state index is 12.7. The third-order valence-electron chi connectivity index (χ3n) is 8.91. The van der Waals surface area contributed by atoms with Gasteiger partial charge in [-0.2, -0.15) is 0 Å². The Kier molecular flexibility index (Phi) is 21.8. The maximum Gasteiger partial charge on any atom is 0.220 e. The van der Waals surface area contributed by atoms with E-state index < -0.39 is 62.2 Å². The molecule has 1 saturated heterocycles. The van der Waals surface area contributed by atoms with Crippen LogP contribution in [-0.2, 0) is 25.5 Å². The molecule has 1 aliphatic rings. The van der Waals surface area contributed by atoms with Gasteiger partial charge in [0.15, 0.2) is 6.29 Å². The molecule has 48 heavy (non-hydrogen) atoms. The minimum atomic E-state index is -1.65. The second kappa shape index (κ2) is 24.9. The van der Waals surface area contributed by atoms with Crippen LogP contribution in [0.25, 0.3) is 0 Å². The molecule has 0 aliphatic carbocycles. The Balaban J connectivity index is 1.72. The Labute approximate surface area is 286 Å². The van der Waals surface area contributed by atoms with Gasteiger partial charge in [-0.05, 0) is 44.1 Å². The number of hydrogen-bond donors (Lipinski definition) is 8. The van der Waals surface area contributed by atoms with Crippen molar-refractivity contribution in [2.45, 2.75) is 159 Å². The Hall–Kier alpha value is -2.16. The molecule has 1 aromatic carbocycles. The number of amides is 2. The van der Waals surface area contributed by atoms with Crippen molar-refractivity contribution in [3.8, 4) is 0 Å². The van der Waals surface area contributed by atoms with E-state index >= 15 is 0 Å². The monoisotopic (exact) mass is 682 g/mol. The number of carbonyl (C=O) groups excluding carboxylic acids is 2. The van der Waals surface area contributed by atoms with Crippen molar-refractivity contribution < 1.29 is 49.7 Å². The highest BCUT2D eigenvalue weighted by atomic mass is 16.7. The van der Waals surface area contributed by atoms with Crippen molar-refractivity contribution in [3.63, 3.8) is 0 Å². The molecule has 12 heteroatoms. The summed E-state index contributed by atoms with van der Waals surface area (Å²) in [6.07, 6.45) is 3.03. The van der Waals surface area contributed by atoms with Crippen LogP contribution in [0, 0.1) is 0 Å². The molecule has 8 N–H and O–H groups in total. The van der Waals surface area contributed by atoms with Crippen LogP contribution in [0.4, 0.5) is 0 Å². The fourth-order valence-corrected chi connectivity index (χ4v) is 5.83. The van der Waals surface area contributed by atoms with E-state index in [1.807, 2.05) is 6.07 Å². The molecule has 276 valence electrons. The summed E-state index contributed by atoms with van der Waals surface area (Å²) in [5, 5.41) is 67.2. The first-order valence-corrected chi connectivity index (χ1v) is 18.1. The van der Waals surface area contributed by atoms with Crippen LogP contribution >= 0.6 is 0 Å². The summed E-state index contributed by atoms with van der Waals surface area (Å²) in [5.74, 6) is -0.467. The summed E-state index contributed by atoms with van der Waals surface area (Å²) in [5.41, 5.74) is 1.37. The topological polar surface area (TPSA) is 198 Å². The third-order valence-corrected chi connectivity index (χ3v) is 8.91. The largest absolute Gasteiger partial charge is 0.394 e. The summed E-state index contributed by atoms with van der Waals surface area (Å²) in [6, 6.07) is 9.39. The molecular formula is C36H62N2O10. The van der Waals surface area contributed by atoms with Crippen LogP contribution in [0.1, 0.15) is 109 Å². The van der Waals surface area contributed by atoms with E-state index in [-0.39, 0.29) is 31.1 Å². The van der Waals surface area contributed by atoms with Crippen molar-refractivity contribution in [2.75, 3.05) is 19.8 Å². The average Bonchev–Trinajstić information content (AvgIpc) is 3.09. The highest BCUT2D eigenvalue weighted by Gasteiger charge is 2.44. The molecule has 12 nitrogen and oxygen atoms in total. The molecule has 1 aromatic rings. The second-order valence-electron chi connectivity index (χ2n) is 13.0. The number of hydrogen-bond acceptors (Lipinski definition) is 10. The van der Waals surface area contributed by atoms with Crippen LogP contribution in [0.5, 0.6) is 0 Å². The van der Waals surface area contributed by atoms with E-state index in [4.69, 9.17) is 9.47 Å². The van der Waals surface area contributed by atoms with E-state index in [2.05, 4.69) is 41.8 Å². The highest BCUT2D eigenvalue weighted by molar-refractivity contribution is 5.76. The molecule has 1 heterocycles. The van der Waals surface area contributed by atoms with Crippen LogP contribution in [0.2, 0.25) is 0 Å². The van der Waals surface area contributed by atoms with Crippen molar-refractivity contribution >= 4 is 11.8 Å². The number of unbranched alkanes of at least 4 members (excludes halogenated alkanes) is 9. The van der Waals surface area contributed by atoms with E-state index in [0.717, 1.165) is 51.4 Å². The molecule has 1 fully saturated rings. The van der Waals surface area contributed by atoms with E-state index in [9.17, 15) is 40.2 Å². The average molecular weight is 683 g/mol. The fourth-order valence-electron chi connectivity index (χ4n) is 5.83. The van der Waals surface area contributed by atoms with Gasteiger partial charge in [0, 0.05) is 19.4 Å². The Morgan fingerprint density at radius 1 is 0.812 bits per heavy atom. The Morgan fingerprint density at radius 3 is 2.17 bits per heavy atom. The summed E-state index contributed by atoms with van der Waals surface area (Å²) < 4.78 is 11.0. The Bertz CT molecular complexity index is 985. The lowest BCUT2D eigenvalue weighted by Crippen LogP contribution is -2.60. The lowest BCUT2D eigenvalue weighted by molar-refractivity contribution is -0.303. The van der Waals surface area contributed by atoms with Crippen molar-refractivity contribution in [1.82, 2.24) is 10.6 Å². The zero-order valence-corrected chi connectivity index (χ0v) is 28.8. The van der Waals surface area contributed by atoms with Crippen molar-refractivity contribution in [2.24, 2.45) is 0 Å². The van der Waals surface area contributed by atoms with Gasteiger partial charge < -0.3 is 50.7 Å². The first-order chi connectivity index (χ1) is 23.2. The van der Waals surface area contributed by atoms with Crippen LogP contribution < -0.4 is 10.6 Å². The lowest BCUT2D eigenvalue weighted by atomic mass is 9.99. The van der Waals surface area contributed by atoms with Gasteiger partial charge in [-0.3, -0.25) is 9.59 Å². The number of ether oxygens (including phenoxy) is 2. The quantitative estimate of drug-likeness (QED) is 0.0671. The molecule has 1 aliphatic heterocycles. The molecule has 0 bridgehead atoms. The van der Waals surface area contributed by atoms with Gasteiger partial charge in [0.2, 0.25) is 11.8 Å². The molecular weight excluding hydrogens is 620 g/mol. The molecule has 0 radical (unpaired) electrons. The van der Waals surface area contributed by atoms with E-state index in [1.165, 1.54) is 24.8 Å². The van der Waals surface area contributed by atoms with Gasteiger partial charge in [-0.1, -0.05) is 88.6 Å². The van der Waals surface area contributed by atoms with Gasteiger partial charge in [0.05, 0.1) is 25.4 Å². The van der Waals surface area contributed by atoms with Gasteiger partial charge in [-0.15, -0.1) is 0 Å². The van der Waals surface area contributed by atoms with E-state index in [0.29, 0.717) is 19.4 Å². The molecule has 2 amide bonds. The number of rotatable bonds is 26. The number of carbonyl (C=O) groups is 2. The maximum atomic E-state index is 12.7. The zero-order valence-electron chi connectivity index (χ0n) is 28.8. The number of aliphatic hydroxyl groups is 6. The Morgan fingerprint density at radius 2 is 1.46 bits per heavy atom. The minimum absolute atomic E-state index is 0.0982. The molecule has 8 atom stereocenters. The molecule has 0 saturated carbocycles. The number of benzene rings is 1. The van der Waals surface area contributed by atoms with Gasteiger partial charge in [0.25, 0.3) is 0 Å². The van der Waals surface area contributed by atoms with Gasteiger partial charge >= 0.3 is 0 Å². The first-order valence-electron chi connectivity index (χ1n) is 18.1. The molecule has 2 rings (SSSR count). The fraction of sp³-hybridized carbons (Fsp3) is 0.778. The molecule has 0 spiro atoms. The normalized spacial score (nSPS) is 22.9.